The molecule has 7 heteroatoms. The Morgan fingerprint density at radius 2 is 1.35 bits per heavy atom. The van der Waals surface area contributed by atoms with E-state index in [2.05, 4.69) is 0 Å². The SMILES string of the molecule is CC(O)CC(CC(C)O)(C(=O)O)C(C(=O)O)[N+](C)(C)C. The summed E-state index contributed by atoms with van der Waals surface area (Å²) < 4.78 is -0.124. The molecule has 0 aliphatic heterocycles. The van der Waals surface area contributed by atoms with Crippen molar-refractivity contribution in [1.82, 2.24) is 0 Å². The lowest BCUT2D eigenvalue weighted by Gasteiger charge is -2.43. The smallest absolute Gasteiger partial charge is 0.363 e. The molecule has 3 unspecified atom stereocenters. The van der Waals surface area contributed by atoms with Crippen LogP contribution in [0, 0.1) is 5.41 Å². The number of rotatable bonds is 8. The number of carboxylic acids is 2. The molecule has 7 nitrogen and oxygen atoms in total. The summed E-state index contributed by atoms with van der Waals surface area (Å²) in [7, 11) is 4.75. The molecule has 118 valence electrons. The van der Waals surface area contributed by atoms with Crippen molar-refractivity contribution >= 4 is 11.9 Å². The van der Waals surface area contributed by atoms with E-state index in [1.54, 1.807) is 21.1 Å². The maximum Gasteiger partial charge on any atom is 0.363 e. The fourth-order valence-electron chi connectivity index (χ4n) is 2.96. The van der Waals surface area contributed by atoms with Gasteiger partial charge in [-0.1, -0.05) is 0 Å². The van der Waals surface area contributed by atoms with E-state index in [4.69, 9.17) is 0 Å². The highest BCUT2D eigenvalue weighted by Crippen LogP contribution is 2.38. The Labute approximate surface area is 119 Å². The van der Waals surface area contributed by atoms with Gasteiger partial charge < -0.3 is 24.9 Å². The zero-order chi connectivity index (χ0) is 16.3. The molecule has 0 saturated heterocycles. The molecule has 0 rings (SSSR count). The van der Waals surface area contributed by atoms with Crippen LogP contribution in [0.25, 0.3) is 0 Å². The lowest BCUT2D eigenvalue weighted by Crippen LogP contribution is -2.63. The van der Waals surface area contributed by atoms with Gasteiger partial charge in [0.2, 0.25) is 6.04 Å². The zero-order valence-corrected chi connectivity index (χ0v) is 12.7. The summed E-state index contributed by atoms with van der Waals surface area (Å²) in [5, 5.41) is 38.3. The fraction of sp³-hybridized carbons (Fsp3) is 0.846. The quantitative estimate of drug-likeness (QED) is 0.459. The van der Waals surface area contributed by atoms with Crippen LogP contribution in [-0.2, 0) is 9.59 Å². The van der Waals surface area contributed by atoms with Gasteiger partial charge in [-0.25, -0.2) is 4.79 Å². The maximum atomic E-state index is 11.8. The molecule has 0 amide bonds. The summed E-state index contributed by atoms with van der Waals surface area (Å²) in [6.45, 7) is 2.82. The minimum Gasteiger partial charge on any atom is -0.481 e. The van der Waals surface area contributed by atoms with Gasteiger partial charge in [0.05, 0.1) is 33.4 Å². The molecular weight excluding hydrogens is 266 g/mol. The predicted molar refractivity (Wildman–Crippen MR) is 72.1 cm³/mol. The summed E-state index contributed by atoms with van der Waals surface area (Å²) in [5.41, 5.74) is -1.74. The molecule has 0 fully saturated rings. The summed E-state index contributed by atoms with van der Waals surface area (Å²) >= 11 is 0. The van der Waals surface area contributed by atoms with Crippen molar-refractivity contribution in [2.45, 2.75) is 44.9 Å². The minimum absolute atomic E-state index is 0.124. The molecule has 0 aromatic heterocycles. The van der Waals surface area contributed by atoms with Crippen LogP contribution < -0.4 is 0 Å². The normalized spacial score (nSPS) is 19.8. The Balaban J connectivity index is 6.01. The van der Waals surface area contributed by atoms with Gasteiger partial charge in [-0.2, -0.15) is 0 Å². The number of hydrogen-bond donors (Lipinski definition) is 4. The fourth-order valence-corrected chi connectivity index (χ4v) is 2.96. The van der Waals surface area contributed by atoms with Crippen LogP contribution in [0.1, 0.15) is 26.7 Å². The molecule has 0 radical (unpaired) electrons. The summed E-state index contributed by atoms with van der Waals surface area (Å²) in [6, 6.07) is -1.29. The molecule has 0 bridgehead atoms. The van der Waals surface area contributed by atoms with Crippen LogP contribution in [-0.4, -0.2) is 76.2 Å². The standard InChI is InChI=1S/C13H25NO6/c1-8(15)6-13(12(19)20,7-9(2)16)10(11(17)18)14(3,4)5/h8-10,15-16H,6-7H2,1-5H3,(H-,17,18,19,20)/p+1. The van der Waals surface area contributed by atoms with Crippen molar-refractivity contribution in [2.24, 2.45) is 5.41 Å². The number of aliphatic hydroxyl groups is 2. The molecule has 4 N–H and O–H groups in total. The van der Waals surface area contributed by atoms with Gasteiger partial charge in [0, 0.05) is 0 Å². The van der Waals surface area contributed by atoms with Gasteiger partial charge in [0.15, 0.2) is 0 Å². The highest BCUT2D eigenvalue weighted by atomic mass is 16.4. The van der Waals surface area contributed by atoms with Gasteiger partial charge >= 0.3 is 11.9 Å². The van der Waals surface area contributed by atoms with E-state index in [-0.39, 0.29) is 17.3 Å². The van der Waals surface area contributed by atoms with E-state index >= 15 is 0 Å². The number of aliphatic hydroxyl groups excluding tert-OH is 2. The van der Waals surface area contributed by atoms with E-state index < -0.39 is 35.6 Å². The Bertz CT molecular complexity index is 348. The largest absolute Gasteiger partial charge is 0.481 e. The second-order valence-corrected chi connectivity index (χ2v) is 6.42. The van der Waals surface area contributed by atoms with Crippen molar-refractivity contribution in [2.75, 3.05) is 21.1 Å². The average molecular weight is 292 g/mol. The van der Waals surface area contributed by atoms with Crippen molar-refractivity contribution in [3.8, 4) is 0 Å². The first kappa shape index (κ1) is 18.8. The van der Waals surface area contributed by atoms with E-state index in [0.29, 0.717) is 0 Å². The molecule has 0 heterocycles. The van der Waals surface area contributed by atoms with Crippen molar-refractivity contribution < 1.29 is 34.5 Å². The first-order chi connectivity index (χ1) is 8.84. The highest BCUT2D eigenvalue weighted by molar-refractivity contribution is 5.85. The molecule has 0 aliphatic carbocycles. The monoisotopic (exact) mass is 292 g/mol. The van der Waals surface area contributed by atoms with Crippen LogP contribution in [0.2, 0.25) is 0 Å². The van der Waals surface area contributed by atoms with Crippen LogP contribution in [0.15, 0.2) is 0 Å². The van der Waals surface area contributed by atoms with Gasteiger partial charge in [0.1, 0.15) is 5.41 Å². The van der Waals surface area contributed by atoms with Crippen molar-refractivity contribution in [3.63, 3.8) is 0 Å². The average Bonchev–Trinajstić information content (AvgIpc) is 2.10. The van der Waals surface area contributed by atoms with Crippen molar-refractivity contribution in [1.29, 1.82) is 0 Å². The van der Waals surface area contributed by atoms with Crippen LogP contribution in [0.5, 0.6) is 0 Å². The van der Waals surface area contributed by atoms with Gasteiger partial charge in [-0.05, 0) is 26.7 Å². The van der Waals surface area contributed by atoms with E-state index in [0.717, 1.165) is 0 Å². The molecule has 0 spiro atoms. The number of quaternary nitrogens is 1. The molecule has 0 aromatic rings. The molecular formula is C13H26NO6+. The number of likely N-dealkylation sites (N-methyl/N-ethyl adjacent to an activating group) is 1. The minimum atomic E-state index is -1.74. The lowest BCUT2D eigenvalue weighted by molar-refractivity contribution is -0.894. The number of carboxylic acid groups (broad SMARTS) is 2. The van der Waals surface area contributed by atoms with Crippen LogP contribution in [0.4, 0.5) is 0 Å². The first-order valence-corrected chi connectivity index (χ1v) is 6.48. The third kappa shape index (κ3) is 4.43. The third-order valence-electron chi connectivity index (χ3n) is 3.28. The second-order valence-electron chi connectivity index (χ2n) is 6.42. The molecule has 3 atom stereocenters. The number of hydrogen-bond acceptors (Lipinski definition) is 4. The van der Waals surface area contributed by atoms with E-state index in [1.807, 2.05) is 0 Å². The predicted octanol–water partition coefficient (Wildman–Crippen LogP) is -0.241. The lowest BCUT2D eigenvalue weighted by atomic mass is 9.70. The maximum absolute atomic E-state index is 11.8. The van der Waals surface area contributed by atoms with Gasteiger partial charge in [-0.3, -0.25) is 4.79 Å². The molecule has 20 heavy (non-hydrogen) atoms. The van der Waals surface area contributed by atoms with E-state index in [1.165, 1.54) is 13.8 Å². The first-order valence-electron chi connectivity index (χ1n) is 6.48. The zero-order valence-electron chi connectivity index (χ0n) is 12.7. The van der Waals surface area contributed by atoms with Crippen molar-refractivity contribution in [3.05, 3.63) is 0 Å². The summed E-state index contributed by atoms with van der Waals surface area (Å²) in [5.74, 6) is -2.58. The van der Waals surface area contributed by atoms with E-state index in [9.17, 15) is 30.0 Å². The Kier molecular flexibility index (Phi) is 6.13. The highest BCUT2D eigenvalue weighted by Gasteiger charge is 2.57. The Hall–Kier alpha value is -1.18. The molecule has 0 aliphatic rings. The van der Waals surface area contributed by atoms with Gasteiger partial charge in [0.25, 0.3) is 0 Å². The topological polar surface area (TPSA) is 115 Å². The van der Waals surface area contributed by atoms with Crippen LogP contribution >= 0.6 is 0 Å². The number of nitrogens with zero attached hydrogens (tertiary/aromatic N) is 1. The molecule has 0 saturated carbocycles. The second kappa shape index (κ2) is 6.51. The van der Waals surface area contributed by atoms with Gasteiger partial charge in [-0.15, -0.1) is 0 Å². The third-order valence-corrected chi connectivity index (χ3v) is 3.28. The summed E-state index contributed by atoms with van der Waals surface area (Å²) in [4.78, 5) is 23.4. The summed E-state index contributed by atoms with van der Waals surface area (Å²) in [6.07, 6.45) is -2.45. The number of carbonyl (C=O) groups is 2. The Morgan fingerprint density at radius 3 is 1.50 bits per heavy atom. The van der Waals surface area contributed by atoms with Crippen LogP contribution in [0.3, 0.4) is 0 Å². The Morgan fingerprint density at radius 1 is 1.00 bits per heavy atom. The molecule has 0 aromatic carbocycles. The number of aliphatic carboxylic acids is 2.